The van der Waals surface area contributed by atoms with Crippen LogP contribution in [-0.2, 0) is 6.42 Å². The molecule has 1 aliphatic heterocycles. The van der Waals surface area contributed by atoms with E-state index < -0.39 is 0 Å². The van der Waals surface area contributed by atoms with Gasteiger partial charge in [-0.1, -0.05) is 47.9 Å². The van der Waals surface area contributed by atoms with Crippen LogP contribution in [0.15, 0.2) is 53.4 Å². The Kier molecular flexibility index (Phi) is 2.52. The molecule has 2 aromatic carbocycles. The van der Waals surface area contributed by atoms with Gasteiger partial charge in [-0.05, 0) is 23.6 Å². The molecule has 0 amide bonds. The molecule has 0 spiro atoms. The molecule has 0 N–H and O–H groups in total. The summed E-state index contributed by atoms with van der Waals surface area (Å²) in [5, 5.41) is 0.554. The van der Waals surface area contributed by atoms with Crippen molar-refractivity contribution in [1.82, 2.24) is 0 Å². The van der Waals surface area contributed by atoms with E-state index in [1.54, 1.807) is 0 Å². The second-order valence-corrected chi connectivity index (χ2v) is 5.33. The van der Waals surface area contributed by atoms with Gasteiger partial charge in [-0.15, -0.1) is 11.8 Å². The zero-order valence-electron chi connectivity index (χ0n) is 8.89. The van der Waals surface area contributed by atoms with Crippen molar-refractivity contribution in [1.29, 1.82) is 0 Å². The van der Waals surface area contributed by atoms with E-state index in [-0.39, 0.29) is 0 Å². The summed E-state index contributed by atoms with van der Waals surface area (Å²) in [4.78, 5) is 1.42. The highest BCUT2D eigenvalue weighted by molar-refractivity contribution is 7.99. The summed E-state index contributed by atoms with van der Waals surface area (Å²) in [6.07, 6.45) is 1.13. The molecule has 0 fully saturated rings. The van der Waals surface area contributed by atoms with Gasteiger partial charge in [0.05, 0.1) is 0 Å². The first-order chi connectivity index (χ1) is 7.83. The Labute approximate surface area is 101 Å². The van der Waals surface area contributed by atoms with Crippen molar-refractivity contribution in [3.8, 4) is 0 Å². The van der Waals surface area contributed by atoms with Gasteiger partial charge in [0.25, 0.3) is 0 Å². The summed E-state index contributed by atoms with van der Waals surface area (Å²) in [6, 6.07) is 16.9. The van der Waals surface area contributed by atoms with Crippen molar-refractivity contribution in [3.05, 3.63) is 59.7 Å². The van der Waals surface area contributed by atoms with Gasteiger partial charge in [0.15, 0.2) is 0 Å². The molecule has 0 nitrogen and oxygen atoms in total. The fourth-order valence-electron chi connectivity index (χ4n) is 2.08. The van der Waals surface area contributed by atoms with Gasteiger partial charge in [-0.3, -0.25) is 0 Å². The first-order valence-corrected chi connectivity index (χ1v) is 6.31. The van der Waals surface area contributed by atoms with Crippen LogP contribution < -0.4 is 5.46 Å². The molecule has 0 aromatic heterocycles. The lowest BCUT2D eigenvalue weighted by Gasteiger charge is -2.08. The highest BCUT2D eigenvalue weighted by Gasteiger charge is 2.22. The molecule has 1 aliphatic rings. The van der Waals surface area contributed by atoms with Crippen molar-refractivity contribution in [3.63, 3.8) is 0 Å². The van der Waals surface area contributed by atoms with Gasteiger partial charge in [0, 0.05) is 10.1 Å². The Morgan fingerprint density at radius 2 is 1.75 bits per heavy atom. The molecule has 0 bridgehead atoms. The van der Waals surface area contributed by atoms with Crippen LogP contribution >= 0.6 is 11.8 Å². The lowest BCUT2D eigenvalue weighted by Crippen LogP contribution is -2.02. The van der Waals surface area contributed by atoms with E-state index in [9.17, 15) is 0 Å². The smallest absolute Gasteiger partial charge is 0.113 e. The fourth-order valence-corrected chi connectivity index (χ4v) is 3.40. The third-order valence-corrected chi connectivity index (χ3v) is 4.33. The first kappa shape index (κ1) is 10.0. The second-order valence-electron chi connectivity index (χ2n) is 4.09. The summed E-state index contributed by atoms with van der Waals surface area (Å²) in [7, 11) is 5.70. The fraction of sp³-hybridized carbons (Fsp3) is 0.143. The SMILES string of the molecule is [B]c1ccc(C2Cc3ccccc3S2)cc1. The van der Waals surface area contributed by atoms with Gasteiger partial charge < -0.3 is 0 Å². The Bertz CT molecular complexity index is 479. The van der Waals surface area contributed by atoms with E-state index in [1.807, 2.05) is 23.9 Å². The van der Waals surface area contributed by atoms with Crippen LogP contribution in [0, 0.1) is 0 Å². The standard InChI is InChI=1S/C14H11BS/c15-12-7-5-10(6-8-12)14-9-11-3-1-2-4-13(11)16-14/h1-8,14H,9H2. The summed E-state index contributed by atoms with van der Waals surface area (Å²) in [5.74, 6) is 0. The largest absolute Gasteiger partial charge is 0.117 e. The summed E-state index contributed by atoms with van der Waals surface area (Å²) in [5.41, 5.74) is 3.67. The van der Waals surface area contributed by atoms with E-state index in [4.69, 9.17) is 7.85 Å². The molecular weight excluding hydrogens is 211 g/mol. The molecule has 0 saturated carbocycles. The van der Waals surface area contributed by atoms with E-state index in [1.165, 1.54) is 16.0 Å². The molecule has 2 aromatic rings. The summed E-state index contributed by atoms with van der Waals surface area (Å²) in [6.45, 7) is 0. The van der Waals surface area contributed by atoms with E-state index in [2.05, 4.69) is 36.4 Å². The molecule has 1 heterocycles. The average Bonchev–Trinajstić information content (AvgIpc) is 2.73. The predicted octanol–water partition coefficient (Wildman–Crippen LogP) is 2.87. The highest BCUT2D eigenvalue weighted by Crippen LogP contribution is 2.45. The monoisotopic (exact) mass is 222 g/mol. The van der Waals surface area contributed by atoms with Crippen LogP contribution in [0.5, 0.6) is 0 Å². The molecule has 16 heavy (non-hydrogen) atoms. The summed E-state index contributed by atoms with van der Waals surface area (Å²) < 4.78 is 0. The molecule has 1 atom stereocenters. The van der Waals surface area contributed by atoms with E-state index >= 15 is 0 Å². The third-order valence-electron chi connectivity index (χ3n) is 2.96. The molecule has 1 unspecified atom stereocenters. The van der Waals surface area contributed by atoms with E-state index in [0.717, 1.165) is 11.9 Å². The van der Waals surface area contributed by atoms with Crippen LogP contribution in [0.2, 0.25) is 0 Å². The number of fused-ring (bicyclic) bond motifs is 1. The first-order valence-electron chi connectivity index (χ1n) is 5.43. The minimum atomic E-state index is 0.554. The summed E-state index contributed by atoms with van der Waals surface area (Å²) >= 11 is 1.95. The predicted molar refractivity (Wildman–Crippen MR) is 70.6 cm³/mol. The van der Waals surface area contributed by atoms with Crippen molar-refractivity contribution in [2.45, 2.75) is 16.6 Å². The Morgan fingerprint density at radius 3 is 2.50 bits per heavy atom. The number of thioether (sulfide) groups is 1. The molecule has 0 saturated heterocycles. The minimum Gasteiger partial charge on any atom is -0.117 e. The van der Waals surface area contributed by atoms with Crippen molar-refractivity contribution in [2.75, 3.05) is 0 Å². The van der Waals surface area contributed by atoms with Gasteiger partial charge >= 0.3 is 0 Å². The Morgan fingerprint density at radius 1 is 1.00 bits per heavy atom. The highest BCUT2D eigenvalue weighted by atomic mass is 32.2. The number of benzene rings is 2. The number of rotatable bonds is 1. The maximum absolute atomic E-state index is 5.70. The molecular formula is C14H11BS. The lowest BCUT2D eigenvalue weighted by molar-refractivity contribution is 0.950. The quantitative estimate of drug-likeness (QED) is 0.668. The van der Waals surface area contributed by atoms with Gasteiger partial charge in [-0.2, -0.15) is 0 Å². The van der Waals surface area contributed by atoms with Gasteiger partial charge in [0.2, 0.25) is 0 Å². The topological polar surface area (TPSA) is 0 Å². The molecule has 3 rings (SSSR count). The minimum absolute atomic E-state index is 0.554. The maximum Gasteiger partial charge on any atom is 0.113 e. The Balaban J connectivity index is 1.88. The zero-order chi connectivity index (χ0) is 11.0. The van der Waals surface area contributed by atoms with Crippen molar-refractivity contribution < 1.29 is 0 Å². The average molecular weight is 222 g/mol. The van der Waals surface area contributed by atoms with Crippen LogP contribution in [0.25, 0.3) is 0 Å². The van der Waals surface area contributed by atoms with Crippen LogP contribution in [0.1, 0.15) is 16.4 Å². The molecule has 2 radical (unpaired) electrons. The van der Waals surface area contributed by atoms with E-state index in [0.29, 0.717) is 5.25 Å². The second kappa shape index (κ2) is 4.02. The van der Waals surface area contributed by atoms with Crippen molar-refractivity contribution >= 4 is 25.1 Å². The Hall–Kier alpha value is -1.15. The number of hydrogen-bond acceptors (Lipinski definition) is 1. The van der Waals surface area contributed by atoms with Crippen LogP contribution in [0.4, 0.5) is 0 Å². The van der Waals surface area contributed by atoms with Gasteiger partial charge in [-0.25, -0.2) is 0 Å². The maximum atomic E-state index is 5.70. The van der Waals surface area contributed by atoms with Crippen LogP contribution in [-0.4, -0.2) is 7.85 Å². The molecule has 2 heteroatoms. The third kappa shape index (κ3) is 1.78. The van der Waals surface area contributed by atoms with Crippen molar-refractivity contribution in [2.24, 2.45) is 0 Å². The molecule has 0 aliphatic carbocycles. The number of hydrogen-bond donors (Lipinski definition) is 0. The lowest BCUT2D eigenvalue weighted by atomic mass is 9.94. The van der Waals surface area contributed by atoms with Crippen LogP contribution in [0.3, 0.4) is 0 Å². The normalized spacial score (nSPS) is 18.4. The molecule has 76 valence electrons. The zero-order valence-corrected chi connectivity index (χ0v) is 9.71. The van der Waals surface area contributed by atoms with Gasteiger partial charge in [0.1, 0.15) is 7.85 Å².